The molecule has 112 valence electrons. The summed E-state index contributed by atoms with van der Waals surface area (Å²) >= 11 is 0. The molecular weight excluding hydrogens is 259 g/mol. The van der Waals surface area contributed by atoms with E-state index in [2.05, 4.69) is 6.92 Å². The van der Waals surface area contributed by atoms with Gasteiger partial charge in [0.2, 0.25) is 0 Å². The summed E-state index contributed by atoms with van der Waals surface area (Å²) in [5.74, 6) is 0. The Hall–Kier alpha value is 0.190. The van der Waals surface area contributed by atoms with E-state index in [0.29, 0.717) is 6.61 Å². The van der Waals surface area contributed by atoms with Crippen LogP contribution in [0.3, 0.4) is 0 Å². The van der Waals surface area contributed by atoms with Gasteiger partial charge in [0.1, 0.15) is 0 Å². The Morgan fingerprint density at radius 1 is 0.778 bits per heavy atom. The van der Waals surface area contributed by atoms with Crippen LogP contribution in [0.5, 0.6) is 0 Å². The molecule has 0 aromatic heterocycles. The molecule has 0 bridgehead atoms. The van der Waals surface area contributed by atoms with Gasteiger partial charge in [-0.05, 0) is 0 Å². The number of aliphatic hydroxyl groups excluding tert-OH is 3. The molecule has 0 aromatic rings. The molecule has 0 saturated heterocycles. The average molecular weight is 286 g/mol. The van der Waals surface area contributed by atoms with Crippen LogP contribution in [-0.2, 0) is 13.6 Å². The van der Waals surface area contributed by atoms with Crippen LogP contribution in [0.2, 0.25) is 0 Å². The van der Waals surface area contributed by atoms with Crippen molar-refractivity contribution in [2.45, 2.75) is 45.4 Å². The molecular formula is C11H27O6P. The zero-order chi connectivity index (χ0) is 13.7. The van der Waals surface area contributed by atoms with Crippen molar-refractivity contribution in [2.24, 2.45) is 0 Å². The Morgan fingerprint density at radius 2 is 1.33 bits per heavy atom. The molecule has 0 rings (SSSR count). The molecule has 0 spiro atoms. The maximum absolute atomic E-state index is 9.18. The summed E-state index contributed by atoms with van der Waals surface area (Å²) in [6, 6.07) is 0. The molecule has 0 atom stereocenters. The zero-order valence-electron chi connectivity index (χ0n) is 11.1. The average Bonchev–Trinajstić information content (AvgIpc) is 2.38. The minimum atomic E-state index is -3.29. The summed E-state index contributed by atoms with van der Waals surface area (Å²) in [4.78, 5) is 0. The second-order valence-electron chi connectivity index (χ2n) is 4.00. The van der Waals surface area contributed by atoms with E-state index in [1.54, 1.807) is 0 Å². The van der Waals surface area contributed by atoms with E-state index in [0.717, 1.165) is 19.3 Å². The molecule has 3 N–H and O–H groups in total. The predicted molar refractivity (Wildman–Crippen MR) is 71.1 cm³/mol. The molecule has 0 aliphatic carbocycles. The van der Waals surface area contributed by atoms with Crippen molar-refractivity contribution in [3.8, 4) is 0 Å². The molecule has 18 heavy (non-hydrogen) atoms. The van der Waals surface area contributed by atoms with E-state index in [1.807, 2.05) is 0 Å². The van der Waals surface area contributed by atoms with Gasteiger partial charge in [-0.15, -0.1) is 0 Å². The monoisotopic (exact) mass is 286 g/mol. The van der Waals surface area contributed by atoms with Crippen molar-refractivity contribution < 1.29 is 28.9 Å². The van der Waals surface area contributed by atoms with Gasteiger partial charge in [0, 0.05) is 0 Å². The molecule has 0 aliphatic rings. The number of aliphatic hydroxyl groups is 3. The Balaban J connectivity index is 3.75. The van der Waals surface area contributed by atoms with E-state index in [9.17, 15) is 5.11 Å². The third-order valence-electron chi connectivity index (χ3n) is 2.58. The normalized spacial score (nSPS) is 12.9. The van der Waals surface area contributed by atoms with Crippen molar-refractivity contribution in [3.05, 3.63) is 0 Å². The van der Waals surface area contributed by atoms with Gasteiger partial charge in [-0.25, -0.2) is 0 Å². The third kappa shape index (κ3) is 8.32. The van der Waals surface area contributed by atoms with E-state index in [-0.39, 0.29) is 0 Å². The summed E-state index contributed by atoms with van der Waals surface area (Å²) in [6.45, 7) is 1.38. The van der Waals surface area contributed by atoms with Gasteiger partial charge in [0.05, 0.1) is 0 Å². The van der Waals surface area contributed by atoms with Crippen LogP contribution in [0, 0.1) is 0 Å². The van der Waals surface area contributed by atoms with Gasteiger partial charge in [-0.3, -0.25) is 0 Å². The van der Waals surface area contributed by atoms with Gasteiger partial charge in [-0.2, -0.15) is 0 Å². The molecule has 0 saturated carbocycles. The van der Waals surface area contributed by atoms with Crippen LogP contribution in [-0.4, -0.2) is 41.9 Å². The standard InChI is InChI=1S/C11H27O6P/c1-2-3-4-5-6-7-8-15-18(11-14,16-9-12)17-10-13/h12-14,18H,2-11H2,1H3. The molecule has 0 radical (unpaired) electrons. The van der Waals surface area contributed by atoms with Crippen molar-refractivity contribution in [1.82, 2.24) is 0 Å². The van der Waals surface area contributed by atoms with Crippen LogP contribution in [0.25, 0.3) is 0 Å². The minimum absolute atomic E-state index is 0.402. The van der Waals surface area contributed by atoms with Crippen LogP contribution in [0.4, 0.5) is 0 Å². The number of rotatable bonds is 13. The summed E-state index contributed by atoms with van der Waals surface area (Å²) in [5, 5.41) is 26.6. The Kier molecular flexibility index (Phi) is 12.4. The Bertz CT molecular complexity index is 175. The van der Waals surface area contributed by atoms with Crippen LogP contribution in [0.15, 0.2) is 0 Å². The van der Waals surface area contributed by atoms with E-state index < -0.39 is 27.9 Å². The molecule has 0 aliphatic heterocycles. The van der Waals surface area contributed by atoms with Crippen molar-refractivity contribution >= 4 is 7.94 Å². The molecule has 0 heterocycles. The van der Waals surface area contributed by atoms with E-state index in [1.165, 1.54) is 19.3 Å². The van der Waals surface area contributed by atoms with Crippen LogP contribution < -0.4 is 0 Å². The number of hydrogen-bond acceptors (Lipinski definition) is 6. The van der Waals surface area contributed by atoms with Gasteiger partial charge in [0.25, 0.3) is 0 Å². The van der Waals surface area contributed by atoms with Crippen LogP contribution in [0.1, 0.15) is 45.4 Å². The summed E-state index contributed by atoms with van der Waals surface area (Å²) in [6.07, 6.45) is 6.29. The quantitative estimate of drug-likeness (QED) is 0.271. The van der Waals surface area contributed by atoms with Gasteiger partial charge >= 0.3 is 109 Å². The zero-order valence-corrected chi connectivity index (χ0v) is 12.1. The summed E-state index contributed by atoms with van der Waals surface area (Å²) in [5.41, 5.74) is 0. The predicted octanol–water partition coefficient (Wildman–Crippen LogP) is 1.74. The fourth-order valence-electron chi connectivity index (χ4n) is 1.57. The summed E-state index contributed by atoms with van der Waals surface area (Å²) in [7, 11) is -3.29. The van der Waals surface area contributed by atoms with E-state index in [4.69, 9.17) is 23.8 Å². The van der Waals surface area contributed by atoms with E-state index >= 15 is 0 Å². The Labute approximate surface area is 109 Å². The van der Waals surface area contributed by atoms with Crippen molar-refractivity contribution in [1.29, 1.82) is 0 Å². The van der Waals surface area contributed by atoms with Gasteiger partial charge in [0.15, 0.2) is 0 Å². The first kappa shape index (κ1) is 18.2. The molecule has 0 aromatic carbocycles. The number of hydrogen-bond donors (Lipinski definition) is 3. The van der Waals surface area contributed by atoms with Crippen molar-refractivity contribution in [3.63, 3.8) is 0 Å². The topological polar surface area (TPSA) is 88.4 Å². The molecule has 0 unspecified atom stereocenters. The first-order valence-corrected chi connectivity index (χ1v) is 8.42. The van der Waals surface area contributed by atoms with Gasteiger partial charge in [-0.1, -0.05) is 0 Å². The summed E-state index contributed by atoms with van der Waals surface area (Å²) < 4.78 is 15.2. The fraction of sp³-hybridized carbons (Fsp3) is 1.00. The maximum atomic E-state index is 9.18. The molecule has 6 nitrogen and oxygen atoms in total. The first-order valence-electron chi connectivity index (χ1n) is 6.49. The van der Waals surface area contributed by atoms with Gasteiger partial charge < -0.3 is 0 Å². The van der Waals surface area contributed by atoms with Crippen molar-refractivity contribution in [2.75, 3.05) is 26.5 Å². The second kappa shape index (κ2) is 12.2. The van der Waals surface area contributed by atoms with Crippen LogP contribution >= 0.6 is 7.94 Å². The first-order chi connectivity index (χ1) is 8.74. The second-order valence-corrected chi connectivity index (χ2v) is 6.55. The molecule has 7 heteroatoms. The third-order valence-corrected chi connectivity index (χ3v) is 4.75. The SMILES string of the molecule is CCCCCCCCO[PH](CO)(OCO)OCO. The molecule has 0 fully saturated rings. The molecule has 0 amide bonds. The Morgan fingerprint density at radius 3 is 1.83 bits per heavy atom. The number of unbranched alkanes of at least 4 members (excludes halogenated alkanes) is 5. The fourth-order valence-corrected chi connectivity index (χ4v) is 2.94.